The lowest BCUT2D eigenvalue weighted by molar-refractivity contribution is 0.563. The van der Waals surface area contributed by atoms with Crippen molar-refractivity contribution < 1.29 is 0 Å². The van der Waals surface area contributed by atoms with E-state index in [1.165, 1.54) is 12.8 Å². The summed E-state index contributed by atoms with van der Waals surface area (Å²) >= 11 is 0. The number of rotatable bonds is 3. The molecular weight excluding hydrogens is 160 g/mol. The summed E-state index contributed by atoms with van der Waals surface area (Å²) in [6, 6.07) is 0. The van der Waals surface area contributed by atoms with E-state index < -0.39 is 8.07 Å². The summed E-state index contributed by atoms with van der Waals surface area (Å²) in [5, 5.41) is 0. The minimum Gasteiger partial charge on any atom is -0.132 e. The van der Waals surface area contributed by atoms with E-state index >= 15 is 0 Å². The Kier molecular flexibility index (Phi) is 5.33. The molecule has 0 aliphatic heterocycles. The van der Waals surface area contributed by atoms with Crippen LogP contribution in [0.4, 0.5) is 0 Å². The van der Waals surface area contributed by atoms with Gasteiger partial charge in [-0.2, -0.15) is 0 Å². The van der Waals surface area contributed by atoms with Gasteiger partial charge in [0.25, 0.3) is 0 Å². The molecule has 0 atom stereocenters. The summed E-state index contributed by atoms with van der Waals surface area (Å²) in [5.74, 6) is 4.12. The van der Waals surface area contributed by atoms with Gasteiger partial charge in [0.15, 0.2) is 0 Å². The van der Waals surface area contributed by atoms with Gasteiger partial charge in [-0.25, -0.2) is 0 Å². The lowest BCUT2D eigenvalue weighted by Gasteiger charge is -2.03. The Morgan fingerprint density at radius 2 is 1.75 bits per heavy atom. The highest BCUT2D eigenvalue weighted by Crippen LogP contribution is 2.05. The molecule has 0 spiro atoms. The van der Waals surface area contributed by atoms with Crippen molar-refractivity contribution in [3.05, 3.63) is 0 Å². The van der Waals surface area contributed by atoms with E-state index in [9.17, 15) is 0 Å². The van der Waals surface area contributed by atoms with Gasteiger partial charge in [-0.1, -0.05) is 39.9 Å². The van der Waals surface area contributed by atoms with Crippen molar-refractivity contribution in [2.75, 3.05) is 0 Å². The van der Waals surface area contributed by atoms with Gasteiger partial charge in [-0.05, 0) is 12.3 Å². The third-order valence-electron chi connectivity index (χ3n) is 1.55. The average Bonchev–Trinajstić information content (AvgIpc) is 1.83. The molecule has 12 heavy (non-hydrogen) atoms. The Morgan fingerprint density at radius 1 is 1.17 bits per heavy atom. The maximum absolute atomic E-state index is 3.38. The summed E-state index contributed by atoms with van der Waals surface area (Å²) < 4.78 is 0. The highest BCUT2D eigenvalue weighted by Gasteiger charge is 2.06. The van der Waals surface area contributed by atoms with Crippen molar-refractivity contribution in [3.63, 3.8) is 0 Å². The van der Waals surface area contributed by atoms with Gasteiger partial charge in [-0.3, -0.25) is 0 Å². The molecule has 0 N–H and O–H groups in total. The smallest absolute Gasteiger partial charge is 0.129 e. The first-order chi connectivity index (χ1) is 5.42. The fourth-order valence-corrected chi connectivity index (χ4v) is 1.58. The zero-order valence-electron chi connectivity index (χ0n) is 9.20. The second-order valence-corrected chi connectivity index (χ2v) is 9.59. The second kappa shape index (κ2) is 5.43. The average molecular weight is 182 g/mol. The lowest BCUT2D eigenvalue weighted by atomic mass is 10.1. The highest BCUT2D eigenvalue weighted by molar-refractivity contribution is 6.83. The van der Waals surface area contributed by atoms with Crippen LogP contribution in [0.15, 0.2) is 0 Å². The zero-order chi connectivity index (χ0) is 9.61. The molecule has 0 rings (SSSR count). The quantitative estimate of drug-likeness (QED) is 0.355. The Morgan fingerprint density at radius 3 is 2.17 bits per heavy atom. The molecule has 0 heterocycles. The topological polar surface area (TPSA) is 0 Å². The molecule has 0 unspecified atom stereocenters. The molecule has 0 aromatic carbocycles. The molecule has 0 aromatic heterocycles. The minimum atomic E-state index is -1.10. The van der Waals surface area contributed by atoms with E-state index in [0.29, 0.717) is 0 Å². The van der Waals surface area contributed by atoms with E-state index in [1.54, 1.807) is 0 Å². The molecule has 0 radical (unpaired) electrons. The lowest BCUT2D eigenvalue weighted by Crippen LogP contribution is -2.16. The molecule has 0 aliphatic carbocycles. The third kappa shape index (κ3) is 9.78. The van der Waals surface area contributed by atoms with E-state index in [4.69, 9.17) is 0 Å². The molecule has 0 saturated heterocycles. The minimum absolute atomic E-state index is 0.832. The van der Waals surface area contributed by atoms with Crippen molar-refractivity contribution >= 4 is 8.07 Å². The monoisotopic (exact) mass is 182 g/mol. The first-order valence-corrected chi connectivity index (χ1v) is 8.42. The first kappa shape index (κ1) is 11.8. The van der Waals surface area contributed by atoms with Crippen molar-refractivity contribution in [2.45, 2.75) is 52.8 Å². The van der Waals surface area contributed by atoms with E-state index in [1.807, 2.05) is 0 Å². The molecular formula is C11H22Si. The third-order valence-corrected chi connectivity index (χ3v) is 2.47. The summed E-state index contributed by atoms with van der Waals surface area (Å²) in [6.07, 6.45) is 3.69. The number of hydrogen-bond donors (Lipinski definition) is 0. The van der Waals surface area contributed by atoms with Crippen LogP contribution in [0.1, 0.15) is 33.1 Å². The van der Waals surface area contributed by atoms with E-state index in [-0.39, 0.29) is 0 Å². The Balaban J connectivity index is 3.47. The molecule has 0 aliphatic rings. The zero-order valence-corrected chi connectivity index (χ0v) is 10.2. The van der Waals surface area contributed by atoms with Gasteiger partial charge < -0.3 is 0 Å². The van der Waals surface area contributed by atoms with Gasteiger partial charge in [0.05, 0.1) is 0 Å². The van der Waals surface area contributed by atoms with Crippen molar-refractivity contribution in [2.24, 2.45) is 5.92 Å². The molecule has 0 aromatic rings. The van der Waals surface area contributed by atoms with Crippen molar-refractivity contribution in [1.29, 1.82) is 0 Å². The SMILES string of the molecule is CC(C)CCCC#C[Si](C)(C)C. The molecule has 0 amide bonds. The molecule has 0 saturated carbocycles. The van der Waals surface area contributed by atoms with Gasteiger partial charge >= 0.3 is 0 Å². The number of unbranched alkanes of at least 4 members (excludes halogenated alkanes) is 1. The van der Waals surface area contributed by atoms with Crippen LogP contribution in [0, 0.1) is 17.4 Å². The molecule has 1 heteroatoms. The number of hydrogen-bond acceptors (Lipinski definition) is 0. The Bertz CT molecular complexity index is 164. The maximum Gasteiger partial charge on any atom is 0.129 e. The van der Waals surface area contributed by atoms with Crippen molar-refractivity contribution in [1.82, 2.24) is 0 Å². The van der Waals surface area contributed by atoms with Crippen LogP contribution in [-0.4, -0.2) is 8.07 Å². The van der Waals surface area contributed by atoms with Crippen LogP contribution >= 0.6 is 0 Å². The highest BCUT2D eigenvalue weighted by atomic mass is 28.3. The molecule has 0 nitrogen and oxygen atoms in total. The Labute approximate surface area is 78.8 Å². The van der Waals surface area contributed by atoms with Crippen LogP contribution in [0.3, 0.4) is 0 Å². The fourth-order valence-electron chi connectivity index (χ4n) is 0.926. The maximum atomic E-state index is 3.38. The van der Waals surface area contributed by atoms with Gasteiger partial charge in [0.1, 0.15) is 8.07 Å². The molecule has 0 bridgehead atoms. The van der Waals surface area contributed by atoms with Gasteiger partial charge in [0, 0.05) is 6.42 Å². The standard InChI is InChI=1S/C11H22Si/c1-11(2)9-7-6-8-10-12(3,4)5/h11H,6-7,9H2,1-5H3. The fraction of sp³-hybridized carbons (Fsp3) is 0.818. The van der Waals surface area contributed by atoms with Crippen LogP contribution < -0.4 is 0 Å². The van der Waals surface area contributed by atoms with Gasteiger partial charge in [0.2, 0.25) is 0 Å². The summed E-state index contributed by atoms with van der Waals surface area (Å²) in [4.78, 5) is 0. The molecule has 70 valence electrons. The van der Waals surface area contributed by atoms with Gasteiger partial charge in [-0.15, -0.1) is 11.5 Å². The predicted octanol–water partition coefficient (Wildman–Crippen LogP) is 3.69. The summed E-state index contributed by atoms with van der Waals surface area (Å²) in [5.41, 5.74) is 3.38. The predicted molar refractivity (Wildman–Crippen MR) is 59.8 cm³/mol. The second-order valence-electron chi connectivity index (χ2n) is 4.84. The first-order valence-electron chi connectivity index (χ1n) is 4.92. The molecule has 0 fully saturated rings. The summed E-state index contributed by atoms with van der Waals surface area (Å²) in [7, 11) is -1.10. The largest absolute Gasteiger partial charge is 0.132 e. The van der Waals surface area contributed by atoms with E-state index in [0.717, 1.165) is 12.3 Å². The Hall–Kier alpha value is -0.223. The van der Waals surface area contributed by atoms with Crippen LogP contribution in [0.2, 0.25) is 19.6 Å². The summed E-state index contributed by atoms with van der Waals surface area (Å²) in [6.45, 7) is 11.4. The normalized spacial score (nSPS) is 11.2. The van der Waals surface area contributed by atoms with Crippen LogP contribution in [0.25, 0.3) is 0 Å². The van der Waals surface area contributed by atoms with Crippen LogP contribution in [-0.2, 0) is 0 Å². The van der Waals surface area contributed by atoms with Crippen molar-refractivity contribution in [3.8, 4) is 11.5 Å². The van der Waals surface area contributed by atoms with Crippen LogP contribution in [0.5, 0.6) is 0 Å². The van der Waals surface area contributed by atoms with E-state index in [2.05, 4.69) is 45.0 Å².